The number of esters is 1. The Bertz CT molecular complexity index is 1670. The van der Waals surface area contributed by atoms with E-state index >= 15 is 0 Å². The summed E-state index contributed by atoms with van der Waals surface area (Å²) in [7, 11) is 1.66. The maximum atomic E-state index is 13.5. The Labute approximate surface area is 294 Å². The second-order valence-corrected chi connectivity index (χ2v) is 12.4. The number of dihydropyridines is 1. The van der Waals surface area contributed by atoms with Gasteiger partial charge in [-0.25, -0.2) is 10.3 Å². The normalized spacial score (nSPS) is 17.1. The molecule has 2 heterocycles. The number of hydrogen-bond acceptors (Lipinski definition) is 8. The quantitative estimate of drug-likeness (QED) is 0.0582. The Morgan fingerprint density at radius 2 is 1.71 bits per heavy atom. The molecule has 2 N–H and O–H groups in total. The first-order chi connectivity index (χ1) is 23.8. The average molecular weight is 685 g/mol. The molecular weight excluding hydrogens is 640 g/mol. The lowest BCUT2D eigenvalue weighted by molar-refractivity contribution is -0.138. The minimum absolute atomic E-state index is 0.221. The molecule has 10 nitrogen and oxygen atoms in total. The zero-order valence-electron chi connectivity index (χ0n) is 28.6. The number of piperazine rings is 1. The Balaban J connectivity index is 1.33. The summed E-state index contributed by atoms with van der Waals surface area (Å²) in [5, 5.41) is 4.11. The Kier molecular flexibility index (Phi) is 12.5. The summed E-state index contributed by atoms with van der Waals surface area (Å²) in [5.41, 5.74) is 8.48. The molecular formula is C38H45ClN6O4. The van der Waals surface area contributed by atoms with Crippen LogP contribution in [0.25, 0.3) is 0 Å². The van der Waals surface area contributed by atoms with Gasteiger partial charge in [-0.05, 0) is 68.7 Å². The minimum Gasteiger partial charge on any atom is -0.463 e. The Morgan fingerprint density at radius 3 is 2.35 bits per heavy atom. The molecule has 0 spiro atoms. The predicted octanol–water partition coefficient (Wildman–Crippen LogP) is 5.81. The van der Waals surface area contributed by atoms with E-state index in [1.54, 1.807) is 14.0 Å². The fourth-order valence-corrected chi connectivity index (χ4v) is 6.65. The molecule has 1 amide bonds. The number of nitrogens with one attached hydrogen (secondary N) is 2. The summed E-state index contributed by atoms with van der Waals surface area (Å²) in [5.74, 6) is -0.210. The number of hydroxylamine groups is 1. The molecule has 3 aromatic rings. The summed E-state index contributed by atoms with van der Waals surface area (Å²) in [6.45, 7) is 10.9. The zero-order valence-corrected chi connectivity index (χ0v) is 29.4. The van der Waals surface area contributed by atoms with E-state index in [4.69, 9.17) is 21.2 Å². The number of allylic oxidation sites excluding steroid dienone is 1. The number of aryl methyl sites for hydroxylation is 1. The van der Waals surface area contributed by atoms with Gasteiger partial charge in [-0.2, -0.15) is 0 Å². The number of hydrogen-bond donors (Lipinski definition) is 2. The second-order valence-electron chi connectivity index (χ2n) is 12.0. The number of anilines is 2. The van der Waals surface area contributed by atoms with Crippen molar-refractivity contribution in [3.05, 3.63) is 118 Å². The van der Waals surface area contributed by atoms with Crippen molar-refractivity contribution in [3.63, 3.8) is 0 Å². The van der Waals surface area contributed by atoms with Gasteiger partial charge in [-0.1, -0.05) is 60.1 Å². The average Bonchev–Trinajstić information content (AvgIpc) is 3.11. The van der Waals surface area contributed by atoms with E-state index in [0.717, 1.165) is 61.7 Å². The van der Waals surface area contributed by atoms with Crippen LogP contribution in [0.4, 0.5) is 11.4 Å². The standard InChI is InChI=1S/C38H45ClN6O4/c1-5-48-38(47)33-28(3)41-37(45(26-46)31-15-10-7-11-16-31)35(34(33)29-13-8-6-9-14-29)36(40-4)42-49-22-12-17-43-18-20-44(21-19-43)32-24-27(2)23-30(39)25-32/h6-11,13-16,23-26,34,41H,5,12,17-22H2,1-4H3,(H,40,42). The number of rotatable bonds is 13. The van der Waals surface area contributed by atoms with Crippen LogP contribution in [-0.4, -0.2) is 76.1 Å². The van der Waals surface area contributed by atoms with E-state index in [-0.39, 0.29) is 6.61 Å². The molecule has 2 aliphatic heterocycles. The first-order valence-electron chi connectivity index (χ1n) is 16.7. The third kappa shape index (κ3) is 8.70. The maximum Gasteiger partial charge on any atom is 0.336 e. The van der Waals surface area contributed by atoms with Crippen LogP contribution in [0.15, 0.2) is 107 Å². The highest BCUT2D eigenvalue weighted by atomic mass is 35.5. The van der Waals surface area contributed by atoms with Gasteiger partial charge >= 0.3 is 5.97 Å². The molecule has 1 saturated heterocycles. The van der Waals surface area contributed by atoms with Gasteiger partial charge in [0.25, 0.3) is 0 Å². The summed E-state index contributed by atoms with van der Waals surface area (Å²) < 4.78 is 5.54. The van der Waals surface area contributed by atoms with Crippen LogP contribution < -0.4 is 20.6 Å². The number of ether oxygens (including phenoxy) is 1. The van der Waals surface area contributed by atoms with Crippen LogP contribution in [0.5, 0.6) is 0 Å². The highest BCUT2D eigenvalue weighted by molar-refractivity contribution is 6.30. The smallest absolute Gasteiger partial charge is 0.336 e. The molecule has 1 atom stereocenters. The molecule has 11 heteroatoms. The fourth-order valence-electron chi connectivity index (χ4n) is 6.37. The summed E-state index contributed by atoms with van der Waals surface area (Å²) in [6, 6.07) is 25.2. The first-order valence-corrected chi connectivity index (χ1v) is 17.0. The molecule has 0 aromatic heterocycles. The van der Waals surface area contributed by atoms with Crippen molar-refractivity contribution in [2.75, 3.05) is 62.8 Å². The number of para-hydroxylation sites is 1. The number of benzene rings is 3. The van der Waals surface area contributed by atoms with Gasteiger partial charge in [0.1, 0.15) is 5.82 Å². The molecule has 3 aromatic carbocycles. The van der Waals surface area contributed by atoms with Crippen molar-refractivity contribution in [3.8, 4) is 0 Å². The van der Waals surface area contributed by atoms with Crippen LogP contribution in [0, 0.1) is 6.92 Å². The lowest BCUT2D eigenvalue weighted by atomic mass is 9.80. The monoisotopic (exact) mass is 684 g/mol. The van der Waals surface area contributed by atoms with Crippen molar-refractivity contribution in [2.45, 2.75) is 33.1 Å². The van der Waals surface area contributed by atoms with Gasteiger partial charge < -0.3 is 15.0 Å². The largest absolute Gasteiger partial charge is 0.463 e. The molecule has 1 unspecified atom stereocenters. The molecule has 0 aliphatic carbocycles. The van der Waals surface area contributed by atoms with E-state index in [2.05, 4.69) is 38.6 Å². The van der Waals surface area contributed by atoms with E-state index in [0.29, 0.717) is 40.8 Å². The molecule has 0 saturated carbocycles. The highest BCUT2D eigenvalue weighted by Gasteiger charge is 2.39. The first kappa shape index (κ1) is 35.7. The molecule has 5 rings (SSSR count). The van der Waals surface area contributed by atoms with Gasteiger partial charge in [-0.3, -0.25) is 24.4 Å². The second kappa shape index (κ2) is 17.1. The Morgan fingerprint density at radius 1 is 1.02 bits per heavy atom. The summed E-state index contributed by atoms with van der Waals surface area (Å²) in [4.78, 5) is 43.2. The third-order valence-corrected chi connectivity index (χ3v) is 8.90. The van der Waals surface area contributed by atoms with Crippen LogP contribution >= 0.6 is 11.6 Å². The van der Waals surface area contributed by atoms with Crippen LogP contribution in [0.3, 0.4) is 0 Å². The van der Waals surface area contributed by atoms with Gasteiger partial charge in [0.2, 0.25) is 6.41 Å². The minimum atomic E-state index is -0.614. The van der Waals surface area contributed by atoms with Crippen molar-refractivity contribution >= 4 is 41.2 Å². The molecule has 258 valence electrons. The van der Waals surface area contributed by atoms with E-state index < -0.39 is 11.9 Å². The summed E-state index contributed by atoms with van der Waals surface area (Å²) >= 11 is 6.30. The topological polar surface area (TPSA) is 98.7 Å². The SMILES string of the molecule is CCOC(=O)C1=C(C)NC(N(C=O)c2ccccc2)=C(C(=NC)NOCCCN2CCN(c3cc(C)cc(Cl)c3)CC2)C1c1ccccc1. The molecule has 0 bridgehead atoms. The van der Waals surface area contributed by atoms with Gasteiger partial charge in [-0.15, -0.1) is 0 Å². The van der Waals surface area contributed by atoms with Crippen molar-refractivity contribution in [2.24, 2.45) is 4.99 Å². The van der Waals surface area contributed by atoms with Crippen molar-refractivity contribution < 1.29 is 19.2 Å². The Hall–Kier alpha value is -4.64. The molecule has 1 fully saturated rings. The number of nitrogens with zero attached hydrogens (tertiary/aromatic N) is 4. The molecule has 49 heavy (non-hydrogen) atoms. The van der Waals surface area contributed by atoms with Crippen LogP contribution in [-0.2, 0) is 19.2 Å². The number of amides is 1. The number of carbonyl (C=O) groups excluding carboxylic acids is 2. The van der Waals surface area contributed by atoms with Gasteiger partial charge in [0.05, 0.1) is 30.4 Å². The third-order valence-electron chi connectivity index (χ3n) is 8.68. The highest BCUT2D eigenvalue weighted by Crippen LogP contribution is 2.40. The van der Waals surface area contributed by atoms with E-state index in [9.17, 15) is 9.59 Å². The molecule has 0 radical (unpaired) electrons. The van der Waals surface area contributed by atoms with E-state index in [1.165, 1.54) is 10.6 Å². The molecule has 2 aliphatic rings. The number of amidine groups is 1. The van der Waals surface area contributed by atoms with Gasteiger partial charge in [0.15, 0.2) is 5.84 Å². The van der Waals surface area contributed by atoms with Crippen LogP contribution in [0.1, 0.15) is 37.3 Å². The lowest BCUT2D eigenvalue weighted by Crippen LogP contribution is -2.47. The maximum absolute atomic E-state index is 13.5. The number of aliphatic imine (C=N–C) groups is 1. The van der Waals surface area contributed by atoms with Crippen LogP contribution in [0.2, 0.25) is 5.02 Å². The van der Waals surface area contributed by atoms with Crippen molar-refractivity contribution in [1.29, 1.82) is 0 Å². The predicted molar refractivity (Wildman–Crippen MR) is 196 cm³/mol. The lowest BCUT2D eigenvalue weighted by Gasteiger charge is -2.36. The number of halogens is 1. The van der Waals surface area contributed by atoms with Crippen molar-refractivity contribution in [1.82, 2.24) is 15.7 Å². The van der Waals surface area contributed by atoms with Gasteiger partial charge in [0, 0.05) is 61.8 Å². The zero-order chi connectivity index (χ0) is 34.8. The number of carbonyl (C=O) groups is 2. The van der Waals surface area contributed by atoms with E-state index in [1.807, 2.05) is 79.7 Å². The summed E-state index contributed by atoms with van der Waals surface area (Å²) in [6.07, 6.45) is 1.55. The fraction of sp³-hybridized carbons (Fsp3) is 0.342.